The number of benzene rings is 1. The Labute approximate surface area is 118 Å². The molecule has 3 nitrogen and oxygen atoms in total. The fraction of sp³-hybridized carbons (Fsp3) is 0.333. The number of ether oxygens (including phenoxy) is 1. The third-order valence-corrected chi connectivity index (χ3v) is 3.33. The van der Waals surface area contributed by atoms with E-state index in [2.05, 4.69) is 16.9 Å². The van der Waals surface area contributed by atoms with Gasteiger partial charge >= 0.3 is 0 Å². The zero-order valence-electron chi connectivity index (χ0n) is 11.4. The number of hydrogen-bond donors (Lipinski definition) is 0. The second-order valence-electron chi connectivity index (χ2n) is 4.39. The summed E-state index contributed by atoms with van der Waals surface area (Å²) in [5, 5.41) is 0.544. The number of aromatic nitrogens is 2. The molecule has 0 aliphatic heterocycles. The molecule has 0 N–H and O–H groups in total. The monoisotopic (exact) mass is 276 g/mol. The molecule has 0 spiro atoms. The third-order valence-electron chi connectivity index (χ3n) is 3.01. The molecule has 19 heavy (non-hydrogen) atoms. The lowest BCUT2D eigenvalue weighted by Crippen LogP contribution is -1.99. The topological polar surface area (TPSA) is 35.0 Å². The predicted octanol–water partition coefficient (Wildman–Crippen LogP) is 3.81. The second-order valence-corrected chi connectivity index (χ2v) is 4.75. The normalized spacial score (nSPS) is 10.7. The molecule has 0 atom stereocenters. The van der Waals surface area contributed by atoms with Gasteiger partial charge in [-0.25, -0.2) is 9.97 Å². The standard InChI is InChI=1S/C15H17ClN2O/c1-4-13-10(2)17-15(18-14(13)16)12-7-5-6-11(8-12)9-19-3/h5-8H,4,9H2,1-3H3. The highest BCUT2D eigenvalue weighted by molar-refractivity contribution is 6.30. The summed E-state index contributed by atoms with van der Waals surface area (Å²) in [7, 11) is 1.68. The van der Waals surface area contributed by atoms with E-state index in [1.807, 2.05) is 31.2 Å². The van der Waals surface area contributed by atoms with Gasteiger partial charge in [-0.2, -0.15) is 0 Å². The first-order valence-corrected chi connectivity index (χ1v) is 6.64. The van der Waals surface area contributed by atoms with Crippen molar-refractivity contribution < 1.29 is 4.74 Å². The highest BCUT2D eigenvalue weighted by atomic mass is 35.5. The minimum atomic E-state index is 0.544. The lowest BCUT2D eigenvalue weighted by atomic mass is 10.1. The molecule has 1 aromatic carbocycles. The smallest absolute Gasteiger partial charge is 0.161 e. The van der Waals surface area contributed by atoms with E-state index in [4.69, 9.17) is 16.3 Å². The molecule has 0 fully saturated rings. The maximum absolute atomic E-state index is 6.21. The molecule has 1 aromatic heterocycles. The Morgan fingerprint density at radius 1 is 1.26 bits per heavy atom. The van der Waals surface area contributed by atoms with Crippen LogP contribution in [0.5, 0.6) is 0 Å². The van der Waals surface area contributed by atoms with Gasteiger partial charge in [0.1, 0.15) is 5.15 Å². The van der Waals surface area contributed by atoms with Crippen LogP contribution < -0.4 is 0 Å². The molecule has 0 bridgehead atoms. The van der Waals surface area contributed by atoms with Crippen molar-refractivity contribution >= 4 is 11.6 Å². The summed E-state index contributed by atoms with van der Waals surface area (Å²) in [5.74, 6) is 0.664. The van der Waals surface area contributed by atoms with Gasteiger partial charge in [0.25, 0.3) is 0 Å². The summed E-state index contributed by atoms with van der Waals surface area (Å²) >= 11 is 6.21. The van der Waals surface area contributed by atoms with E-state index >= 15 is 0 Å². The molecule has 0 saturated heterocycles. The van der Waals surface area contributed by atoms with Crippen LogP contribution >= 0.6 is 11.6 Å². The van der Waals surface area contributed by atoms with Crippen molar-refractivity contribution in [2.45, 2.75) is 26.9 Å². The highest BCUT2D eigenvalue weighted by Crippen LogP contribution is 2.23. The molecule has 0 radical (unpaired) electrons. The van der Waals surface area contributed by atoms with Crippen LogP contribution in [-0.2, 0) is 17.8 Å². The zero-order valence-corrected chi connectivity index (χ0v) is 12.2. The first-order valence-electron chi connectivity index (χ1n) is 6.27. The largest absolute Gasteiger partial charge is 0.380 e. The van der Waals surface area contributed by atoms with Crippen molar-refractivity contribution in [1.29, 1.82) is 0 Å². The Morgan fingerprint density at radius 3 is 2.68 bits per heavy atom. The summed E-state index contributed by atoms with van der Waals surface area (Å²) in [6, 6.07) is 8.00. The Balaban J connectivity index is 2.44. The van der Waals surface area contributed by atoms with Crippen molar-refractivity contribution in [2.24, 2.45) is 0 Å². The molecule has 0 saturated carbocycles. The average molecular weight is 277 g/mol. The third kappa shape index (κ3) is 3.11. The van der Waals surface area contributed by atoms with Gasteiger partial charge in [0, 0.05) is 23.9 Å². The van der Waals surface area contributed by atoms with Crippen LogP contribution in [0.3, 0.4) is 0 Å². The summed E-state index contributed by atoms with van der Waals surface area (Å²) in [5.41, 5.74) is 4.01. The number of methoxy groups -OCH3 is 1. The summed E-state index contributed by atoms with van der Waals surface area (Å²) in [4.78, 5) is 8.93. The minimum absolute atomic E-state index is 0.544. The van der Waals surface area contributed by atoms with Gasteiger partial charge in [0.15, 0.2) is 5.82 Å². The number of nitrogens with zero attached hydrogens (tertiary/aromatic N) is 2. The van der Waals surface area contributed by atoms with Gasteiger partial charge < -0.3 is 4.74 Å². The van der Waals surface area contributed by atoms with Crippen LogP contribution in [0.25, 0.3) is 11.4 Å². The molecule has 100 valence electrons. The maximum Gasteiger partial charge on any atom is 0.161 e. The first kappa shape index (κ1) is 14.0. The lowest BCUT2D eigenvalue weighted by molar-refractivity contribution is 0.185. The van der Waals surface area contributed by atoms with Crippen molar-refractivity contribution in [3.8, 4) is 11.4 Å². The molecule has 4 heteroatoms. The van der Waals surface area contributed by atoms with Gasteiger partial charge in [0.2, 0.25) is 0 Å². The van der Waals surface area contributed by atoms with E-state index in [9.17, 15) is 0 Å². The first-order chi connectivity index (χ1) is 9.15. The van der Waals surface area contributed by atoms with E-state index < -0.39 is 0 Å². The molecule has 1 heterocycles. The van der Waals surface area contributed by atoms with Crippen molar-refractivity contribution in [3.05, 3.63) is 46.2 Å². The van der Waals surface area contributed by atoms with Crippen LogP contribution in [0.15, 0.2) is 24.3 Å². The van der Waals surface area contributed by atoms with Crippen LogP contribution in [0.1, 0.15) is 23.7 Å². The Hall–Kier alpha value is -1.45. The van der Waals surface area contributed by atoms with E-state index in [0.717, 1.165) is 28.8 Å². The zero-order chi connectivity index (χ0) is 13.8. The van der Waals surface area contributed by atoms with Gasteiger partial charge in [-0.1, -0.05) is 36.7 Å². The number of hydrogen-bond acceptors (Lipinski definition) is 3. The molecule has 0 aliphatic rings. The van der Waals surface area contributed by atoms with Gasteiger partial charge in [0.05, 0.1) is 6.61 Å². The molecule has 2 aromatic rings. The van der Waals surface area contributed by atoms with Crippen LogP contribution in [0.4, 0.5) is 0 Å². The van der Waals surface area contributed by atoms with Crippen molar-refractivity contribution in [3.63, 3.8) is 0 Å². The number of rotatable bonds is 4. The second kappa shape index (κ2) is 6.13. The minimum Gasteiger partial charge on any atom is -0.380 e. The van der Waals surface area contributed by atoms with Crippen molar-refractivity contribution in [2.75, 3.05) is 7.11 Å². The van der Waals surface area contributed by atoms with Crippen LogP contribution in [0.2, 0.25) is 5.15 Å². The fourth-order valence-corrected chi connectivity index (χ4v) is 2.41. The summed E-state index contributed by atoms with van der Waals surface area (Å²) < 4.78 is 5.14. The lowest BCUT2D eigenvalue weighted by Gasteiger charge is -2.09. The van der Waals surface area contributed by atoms with Gasteiger partial charge in [-0.15, -0.1) is 0 Å². The molecule has 0 aliphatic carbocycles. The van der Waals surface area contributed by atoms with Crippen LogP contribution in [-0.4, -0.2) is 17.1 Å². The summed E-state index contributed by atoms with van der Waals surface area (Å²) in [6.45, 7) is 4.60. The Kier molecular flexibility index (Phi) is 4.51. The predicted molar refractivity (Wildman–Crippen MR) is 77.3 cm³/mol. The van der Waals surface area contributed by atoms with Crippen molar-refractivity contribution in [1.82, 2.24) is 9.97 Å². The van der Waals surface area contributed by atoms with Crippen LogP contribution in [0, 0.1) is 6.92 Å². The number of aryl methyl sites for hydroxylation is 1. The fourth-order valence-electron chi connectivity index (χ4n) is 2.06. The average Bonchev–Trinajstić information content (AvgIpc) is 2.39. The van der Waals surface area contributed by atoms with E-state index in [-0.39, 0.29) is 0 Å². The quantitative estimate of drug-likeness (QED) is 0.797. The molecule has 2 rings (SSSR count). The van der Waals surface area contributed by atoms with E-state index in [0.29, 0.717) is 17.6 Å². The molecular formula is C15H17ClN2O. The molecular weight excluding hydrogens is 260 g/mol. The Morgan fingerprint density at radius 2 is 2.05 bits per heavy atom. The van der Waals surface area contributed by atoms with E-state index in [1.54, 1.807) is 7.11 Å². The molecule has 0 amide bonds. The number of halogens is 1. The molecule has 0 unspecified atom stereocenters. The van der Waals surface area contributed by atoms with E-state index in [1.165, 1.54) is 0 Å². The Bertz CT molecular complexity index is 561. The van der Waals surface area contributed by atoms with Gasteiger partial charge in [-0.3, -0.25) is 0 Å². The van der Waals surface area contributed by atoms with Gasteiger partial charge in [-0.05, 0) is 25.0 Å². The maximum atomic E-state index is 6.21. The SMILES string of the molecule is CCc1c(C)nc(-c2cccc(COC)c2)nc1Cl. The highest BCUT2D eigenvalue weighted by Gasteiger charge is 2.10. The summed E-state index contributed by atoms with van der Waals surface area (Å²) in [6.07, 6.45) is 0.842.